The number of carbonyl (C=O) groups excluding carboxylic acids is 2. The Kier molecular flexibility index (Phi) is 3.87. The van der Waals surface area contributed by atoms with E-state index in [4.69, 9.17) is 4.74 Å². The van der Waals surface area contributed by atoms with Crippen LogP contribution >= 0.6 is 0 Å². The van der Waals surface area contributed by atoms with Crippen molar-refractivity contribution < 1.29 is 19.4 Å². The minimum atomic E-state index is -1.33. The maximum Gasteiger partial charge on any atom is 0.338 e. The Labute approximate surface area is 132 Å². The average Bonchev–Trinajstić information content (AvgIpc) is 2.87. The number of aliphatic hydroxyl groups is 1. The summed E-state index contributed by atoms with van der Waals surface area (Å²) in [6.45, 7) is 6.05. The van der Waals surface area contributed by atoms with E-state index in [0.717, 1.165) is 38.5 Å². The molecule has 0 aromatic heterocycles. The highest BCUT2D eigenvalue weighted by molar-refractivity contribution is 5.83. The Balaban J connectivity index is 1.67. The molecule has 3 fully saturated rings. The number of ketones is 1. The third kappa shape index (κ3) is 2.49. The van der Waals surface area contributed by atoms with Gasteiger partial charge in [0.2, 0.25) is 0 Å². The van der Waals surface area contributed by atoms with Crippen molar-refractivity contribution in [2.24, 2.45) is 23.2 Å². The van der Waals surface area contributed by atoms with Crippen LogP contribution in [0, 0.1) is 23.2 Å². The topological polar surface area (TPSA) is 63.6 Å². The van der Waals surface area contributed by atoms with Crippen LogP contribution in [-0.4, -0.2) is 28.6 Å². The smallest absolute Gasteiger partial charge is 0.338 e. The predicted molar refractivity (Wildman–Crippen MR) is 82.1 cm³/mol. The zero-order valence-corrected chi connectivity index (χ0v) is 13.9. The van der Waals surface area contributed by atoms with Gasteiger partial charge in [-0.05, 0) is 56.3 Å². The number of esters is 1. The summed E-state index contributed by atoms with van der Waals surface area (Å²) in [5.74, 6) is 1.13. The normalized spacial score (nSPS) is 46.5. The fourth-order valence-electron chi connectivity index (χ4n) is 5.46. The Morgan fingerprint density at radius 3 is 2.68 bits per heavy atom. The largest absolute Gasteiger partial charge is 0.460 e. The Morgan fingerprint density at radius 1 is 1.32 bits per heavy atom. The summed E-state index contributed by atoms with van der Waals surface area (Å²) in [7, 11) is 0. The first-order valence-electron chi connectivity index (χ1n) is 8.70. The molecule has 0 radical (unpaired) electrons. The molecule has 6 atom stereocenters. The van der Waals surface area contributed by atoms with Crippen LogP contribution < -0.4 is 0 Å². The molecule has 1 aliphatic heterocycles. The molecular formula is C18H28O4. The lowest BCUT2D eigenvalue weighted by molar-refractivity contribution is -0.154. The summed E-state index contributed by atoms with van der Waals surface area (Å²) in [4.78, 5) is 23.8. The molecule has 1 unspecified atom stereocenters. The van der Waals surface area contributed by atoms with Gasteiger partial charge in [-0.15, -0.1) is 0 Å². The van der Waals surface area contributed by atoms with E-state index in [1.54, 1.807) is 0 Å². The van der Waals surface area contributed by atoms with Crippen molar-refractivity contribution in [2.75, 3.05) is 0 Å². The molecule has 2 saturated carbocycles. The average molecular weight is 308 g/mol. The van der Waals surface area contributed by atoms with Crippen molar-refractivity contribution in [3.63, 3.8) is 0 Å². The molecule has 4 nitrogen and oxygen atoms in total. The van der Waals surface area contributed by atoms with Gasteiger partial charge in [0.25, 0.3) is 0 Å². The second kappa shape index (κ2) is 5.33. The highest BCUT2D eigenvalue weighted by Gasteiger charge is 2.53. The van der Waals surface area contributed by atoms with Gasteiger partial charge in [0.1, 0.15) is 11.9 Å². The fraction of sp³-hybridized carbons (Fsp3) is 0.889. The lowest BCUT2D eigenvalue weighted by Gasteiger charge is -2.42. The van der Waals surface area contributed by atoms with Crippen molar-refractivity contribution >= 4 is 11.8 Å². The van der Waals surface area contributed by atoms with Crippen LogP contribution in [0.4, 0.5) is 0 Å². The van der Waals surface area contributed by atoms with Crippen LogP contribution in [0.3, 0.4) is 0 Å². The van der Waals surface area contributed by atoms with Gasteiger partial charge in [-0.25, -0.2) is 4.79 Å². The maximum atomic E-state index is 12.2. The second-order valence-electron chi connectivity index (χ2n) is 8.28. The monoisotopic (exact) mass is 308 g/mol. The van der Waals surface area contributed by atoms with Gasteiger partial charge in [-0.1, -0.05) is 13.8 Å². The van der Waals surface area contributed by atoms with Gasteiger partial charge in [-0.2, -0.15) is 0 Å². The number of ether oxygens (including phenoxy) is 1. The molecule has 0 aromatic rings. The number of cyclic esters (lactones) is 1. The predicted octanol–water partition coefficient (Wildman–Crippen LogP) is 2.86. The molecule has 0 bridgehead atoms. The lowest BCUT2D eigenvalue weighted by atomic mass is 9.62. The maximum absolute atomic E-state index is 12.2. The summed E-state index contributed by atoms with van der Waals surface area (Å²) < 4.78 is 5.34. The molecule has 1 heterocycles. The van der Waals surface area contributed by atoms with Crippen molar-refractivity contribution in [3.8, 4) is 0 Å². The van der Waals surface area contributed by atoms with E-state index < -0.39 is 11.6 Å². The van der Waals surface area contributed by atoms with E-state index in [0.29, 0.717) is 24.0 Å². The van der Waals surface area contributed by atoms with Crippen molar-refractivity contribution in [3.05, 3.63) is 0 Å². The van der Waals surface area contributed by atoms with Gasteiger partial charge in [0.15, 0.2) is 5.60 Å². The molecule has 1 N–H and O–H groups in total. The fourth-order valence-corrected chi connectivity index (χ4v) is 5.46. The van der Waals surface area contributed by atoms with Crippen LogP contribution in [0.25, 0.3) is 0 Å². The second-order valence-corrected chi connectivity index (χ2v) is 8.28. The third-order valence-electron chi connectivity index (χ3n) is 6.60. The van der Waals surface area contributed by atoms with E-state index in [9.17, 15) is 14.7 Å². The molecule has 0 spiro atoms. The molecule has 2 aliphatic carbocycles. The van der Waals surface area contributed by atoms with Crippen molar-refractivity contribution in [1.29, 1.82) is 0 Å². The first kappa shape index (κ1) is 16.0. The highest BCUT2D eigenvalue weighted by atomic mass is 16.6. The summed E-state index contributed by atoms with van der Waals surface area (Å²) in [5.41, 5.74) is -1.20. The van der Waals surface area contributed by atoms with E-state index >= 15 is 0 Å². The van der Waals surface area contributed by atoms with Gasteiger partial charge in [-0.3, -0.25) is 4.79 Å². The number of Topliss-reactive ketones (excluding diaryl/α,β-unsaturated/α-hetero) is 1. The van der Waals surface area contributed by atoms with E-state index in [1.807, 2.05) is 0 Å². The van der Waals surface area contributed by atoms with Crippen molar-refractivity contribution in [1.82, 2.24) is 0 Å². The highest BCUT2D eigenvalue weighted by Crippen LogP contribution is 2.57. The molecule has 124 valence electrons. The molecular weight excluding hydrogens is 280 g/mol. The van der Waals surface area contributed by atoms with E-state index in [1.165, 1.54) is 6.92 Å². The van der Waals surface area contributed by atoms with Crippen LogP contribution in [0.5, 0.6) is 0 Å². The Bertz CT molecular complexity index is 483. The van der Waals surface area contributed by atoms with Crippen LogP contribution in [0.2, 0.25) is 0 Å². The Morgan fingerprint density at radius 2 is 2.05 bits per heavy atom. The molecule has 4 heteroatoms. The third-order valence-corrected chi connectivity index (χ3v) is 6.60. The number of fused-ring (bicyclic) bond motifs is 1. The summed E-state index contributed by atoms with van der Waals surface area (Å²) in [5, 5.41) is 9.97. The minimum Gasteiger partial charge on any atom is -0.460 e. The summed E-state index contributed by atoms with van der Waals surface area (Å²) in [6.07, 6.45) is 6.04. The number of hydrogen-bond donors (Lipinski definition) is 1. The zero-order valence-electron chi connectivity index (χ0n) is 13.9. The molecule has 0 amide bonds. The molecule has 0 aromatic carbocycles. The first-order chi connectivity index (χ1) is 10.2. The van der Waals surface area contributed by atoms with Crippen molar-refractivity contribution in [2.45, 2.75) is 77.4 Å². The summed E-state index contributed by atoms with van der Waals surface area (Å²) in [6, 6.07) is 0. The quantitative estimate of drug-likeness (QED) is 0.814. The van der Waals surface area contributed by atoms with Gasteiger partial charge >= 0.3 is 5.97 Å². The number of rotatable bonds is 3. The molecule has 22 heavy (non-hydrogen) atoms. The number of carbonyl (C=O) groups is 2. The van der Waals surface area contributed by atoms with E-state index in [2.05, 4.69) is 13.8 Å². The molecule has 3 rings (SSSR count). The van der Waals surface area contributed by atoms with Crippen LogP contribution in [0.15, 0.2) is 0 Å². The number of hydrogen-bond acceptors (Lipinski definition) is 4. The summed E-state index contributed by atoms with van der Waals surface area (Å²) >= 11 is 0. The first-order valence-corrected chi connectivity index (χ1v) is 8.70. The molecule has 1 saturated heterocycles. The van der Waals surface area contributed by atoms with E-state index in [-0.39, 0.29) is 17.4 Å². The lowest BCUT2D eigenvalue weighted by Crippen LogP contribution is -2.39. The molecule has 3 aliphatic rings. The van der Waals surface area contributed by atoms with Crippen LogP contribution in [0.1, 0.15) is 65.7 Å². The standard InChI is InChI=1S/C18H28O4/c1-11(9-12-10-18(3,21)16(20)22-12)13-6-7-14-15(19)5-4-8-17(13,14)2/h11-14,21H,4-10H2,1-3H3/t11?,12-,13-,14-,17+,18-/m1/s1. The Hall–Kier alpha value is -0.900. The van der Waals surface area contributed by atoms with Crippen LogP contribution in [-0.2, 0) is 14.3 Å². The van der Waals surface area contributed by atoms with Gasteiger partial charge in [0.05, 0.1) is 0 Å². The SMILES string of the molecule is CC(C[C@@H]1C[C@@](C)(O)C(=O)O1)[C@H]1CC[C@@H]2C(=O)CCC[C@]21C. The van der Waals surface area contributed by atoms with Gasteiger partial charge in [0, 0.05) is 18.8 Å². The van der Waals surface area contributed by atoms with Gasteiger partial charge < -0.3 is 9.84 Å². The minimum absolute atomic E-state index is 0.125. The zero-order chi connectivity index (χ0) is 16.1.